The molecule has 150 valence electrons. The average Bonchev–Trinajstić information content (AvgIpc) is 2.59. The van der Waals surface area contributed by atoms with Crippen molar-refractivity contribution in [1.29, 1.82) is 0 Å². The van der Waals surface area contributed by atoms with E-state index >= 15 is 0 Å². The molecule has 1 fully saturated rings. The third-order valence-corrected chi connectivity index (χ3v) is 5.35. The summed E-state index contributed by atoms with van der Waals surface area (Å²) in [6.07, 6.45) is 2.55. The molecule has 1 amide bonds. The van der Waals surface area contributed by atoms with Gasteiger partial charge in [0, 0.05) is 24.7 Å². The Labute approximate surface area is 171 Å². The van der Waals surface area contributed by atoms with Gasteiger partial charge in [-0.05, 0) is 44.7 Å². The molecule has 4 nitrogen and oxygen atoms in total. The van der Waals surface area contributed by atoms with Crippen LogP contribution in [0.2, 0.25) is 0 Å². The topological polar surface area (TPSA) is 58.4 Å². The predicted molar refractivity (Wildman–Crippen MR) is 114 cm³/mol. The molecule has 0 radical (unpaired) electrons. The molecule has 1 aromatic rings. The van der Waals surface area contributed by atoms with Gasteiger partial charge in [0.1, 0.15) is 0 Å². The van der Waals surface area contributed by atoms with E-state index in [0.717, 1.165) is 24.6 Å². The summed E-state index contributed by atoms with van der Waals surface area (Å²) in [4.78, 5) is 15.0. The van der Waals surface area contributed by atoms with Crippen molar-refractivity contribution in [2.75, 3.05) is 19.6 Å². The lowest BCUT2D eigenvalue weighted by Gasteiger charge is -2.43. The van der Waals surface area contributed by atoms with E-state index in [0.29, 0.717) is 6.54 Å². The Morgan fingerprint density at radius 1 is 1.31 bits per heavy atom. The van der Waals surface area contributed by atoms with Crippen LogP contribution in [0.15, 0.2) is 30.3 Å². The van der Waals surface area contributed by atoms with Gasteiger partial charge in [-0.15, -0.1) is 24.8 Å². The van der Waals surface area contributed by atoms with Gasteiger partial charge in [-0.25, -0.2) is 0 Å². The zero-order valence-electron chi connectivity index (χ0n) is 16.4. The Balaban J connectivity index is 0.00000312. The van der Waals surface area contributed by atoms with Gasteiger partial charge >= 0.3 is 0 Å². The average molecular weight is 404 g/mol. The van der Waals surface area contributed by atoms with Crippen LogP contribution in [0.5, 0.6) is 0 Å². The number of nitrogens with two attached hydrogens (primary N) is 1. The minimum absolute atomic E-state index is 0. The lowest BCUT2D eigenvalue weighted by atomic mass is 9.92. The number of nitrogens with zero attached hydrogens (tertiary/aromatic N) is 1. The van der Waals surface area contributed by atoms with E-state index < -0.39 is 0 Å². The molecule has 0 saturated carbocycles. The van der Waals surface area contributed by atoms with Gasteiger partial charge in [-0.1, -0.05) is 44.2 Å². The fourth-order valence-electron chi connectivity index (χ4n) is 3.44. The van der Waals surface area contributed by atoms with Crippen LogP contribution in [0.4, 0.5) is 0 Å². The number of nitrogens with one attached hydrogen (secondary N) is 1. The molecule has 1 aliphatic heterocycles. The first-order valence-corrected chi connectivity index (χ1v) is 9.14. The second kappa shape index (κ2) is 11.1. The molecule has 3 unspecified atom stereocenters. The second-order valence-corrected chi connectivity index (χ2v) is 7.95. The van der Waals surface area contributed by atoms with Crippen molar-refractivity contribution in [3.05, 3.63) is 35.9 Å². The highest BCUT2D eigenvalue weighted by Gasteiger charge is 2.31. The maximum Gasteiger partial charge on any atom is 0.224 e. The van der Waals surface area contributed by atoms with Crippen molar-refractivity contribution in [1.82, 2.24) is 10.2 Å². The minimum atomic E-state index is -0.274. The second-order valence-electron chi connectivity index (χ2n) is 7.95. The Morgan fingerprint density at radius 3 is 2.50 bits per heavy atom. The number of carbonyl (C=O) groups is 1. The van der Waals surface area contributed by atoms with Crippen molar-refractivity contribution >= 4 is 30.7 Å². The van der Waals surface area contributed by atoms with E-state index in [1.807, 2.05) is 37.3 Å². The van der Waals surface area contributed by atoms with Gasteiger partial charge in [-0.3, -0.25) is 9.69 Å². The zero-order valence-corrected chi connectivity index (χ0v) is 18.0. The maximum absolute atomic E-state index is 12.5. The van der Waals surface area contributed by atoms with E-state index in [4.69, 9.17) is 5.73 Å². The molecule has 1 saturated heterocycles. The van der Waals surface area contributed by atoms with Crippen LogP contribution < -0.4 is 11.1 Å². The van der Waals surface area contributed by atoms with Crippen LogP contribution in [0, 0.1) is 11.8 Å². The summed E-state index contributed by atoms with van der Waals surface area (Å²) in [7, 11) is 0. The van der Waals surface area contributed by atoms with E-state index in [1.165, 1.54) is 12.8 Å². The monoisotopic (exact) mass is 403 g/mol. The summed E-state index contributed by atoms with van der Waals surface area (Å²) in [5.41, 5.74) is 7.25. The quantitative estimate of drug-likeness (QED) is 0.759. The van der Waals surface area contributed by atoms with Gasteiger partial charge in [0.2, 0.25) is 5.91 Å². The zero-order chi connectivity index (χ0) is 17.7. The van der Waals surface area contributed by atoms with Gasteiger partial charge in [0.25, 0.3) is 0 Å². The molecule has 6 heteroatoms. The molecule has 1 aliphatic rings. The molecule has 3 atom stereocenters. The van der Waals surface area contributed by atoms with Crippen molar-refractivity contribution in [3.8, 4) is 0 Å². The molecule has 0 aliphatic carbocycles. The minimum Gasteiger partial charge on any atom is -0.354 e. The molecule has 1 heterocycles. The molecule has 1 aromatic carbocycles. The first-order chi connectivity index (χ1) is 11.3. The molecular formula is C20H35Cl2N3O. The highest BCUT2D eigenvalue weighted by Crippen LogP contribution is 2.24. The number of benzene rings is 1. The van der Waals surface area contributed by atoms with Gasteiger partial charge in [-0.2, -0.15) is 0 Å². The Kier molecular flexibility index (Phi) is 10.8. The molecule has 0 spiro atoms. The molecule has 26 heavy (non-hydrogen) atoms. The first-order valence-electron chi connectivity index (χ1n) is 9.14. The van der Waals surface area contributed by atoms with E-state index in [1.54, 1.807) is 0 Å². The fraction of sp³-hybridized carbons (Fsp3) is 0.650. The Bertz CT molecular complexity index is 539. The number of halogens is 2. The Morgan fingerprint density at radius 2 is 1.92 bits per heavy atom. The number of hydrogen-bond donors (Lipinski definition) is 2. The van der Waals surface area contributed by atoms with Crippen molar-refractivity contribution in [3.63, 3.8) is 0 Å². The van der Waals surface area contributed by atoms with Gasteiger partial charge in [0.15, 0.2) is 0 Å². The number of amides is 1. The lowest BCUT2D eigenvalue weighted by Crippen LogP contribution is -2.55. The lowest BCUT2D eigenvalue weighted by molar-refractivity contribution is -0.125. The highest BCUT2D eigenvalue weighted by atomic mass is 35.5. The van der Waals surface area contributed by atoms with Crippen molar-refractivity contribution in [2.45, 2.75) is 52.1 Å². The van der Waals surface area contributed by atoms with Crippen LogP contribution in [0.25, 0.3) is 0 Å². The van der Waals surface area contributed by atoms with Gasteiger partial charge in [0.05, 0.1) is 5.92 Å². The summed E-state index contributed by atoms with van der Waals surface area (Å²) < 4.78 is 0. The molecule has 3 N–H and O–H groups in total. The Hall–Kier alpha value is -0.810. The molecule has 2 rings (SSSR count). The third kappa shape index (κ3) is 6.73. The number of carbonyl (C=O) groups excluding carboxylic acids is 1. The molecular weight excluding hydrogens is 369 g/mol. The van der Waals surface area contributed by atoms with E-state index in [9.17, 15) is 4.79 Å². The van der Waals surface area contributed by atoms with Crippen LogP contribution in [-0.2, 0) is 4.79 Å². The molecule has 0 bridgehead atoms. The maximum atomic E-state index is 12.5. The highest BCUT2D eigenvalue weighted by molar-refractivity contribution is 5.85. The third-order valence-electron chi connectivity index (χ3n) is 5.35. The fourth-order valence-corrected chi connectivity index (χ4v) is 3.44. The standard InChI is InChI=1S/C20H33N3O.2ClH/c1-15-9-8-12-23(13-15)20(3,4)14-22-19(24)16(2)18(21)17-10-6-5-7-11-17;;/h5-7,10-11,15-16,18H,8-9,12-14,21H2,1-4H3,(H,22,24);2*1H. The normalized spacial score (nSPS) is 20.3. The number of likely N-dealkylation sites (tertiary alicyclic amines) is 1. The summed E-state index contributed by atoms with van der Waals surface area (Å²) in [6.45, 7) is 11.5. The summed E-state index contributed by atoms with van der Waals surface area (Å²) in [5, 5.41) is 3.12. The molecule has 0 aromatic heterocycles. The smallest absolute Gasteiger partial charge is 0.224 e. The predicted octanol–water partition coefficient (Wildman–Crippen LogP) is 3.79. The summed E-state index contributed by atoms with van der Waals surface area (Å²) in [5.74, 6) is 0.520. The number of hydrogen-bond acceptors (Lipinski definition) is 3. The van der Waals surface area contributed by atoms with E-state index in [2.05, 4.69) is 31.0 Å². The van der Waals surface area contributed by atoms with Gasteiger partial charge < -0.3 is 11.1 Å². The van der Waals surface area contributed by atoms with Crippen LogP contribution in [0.3, 0.4) is 0 Å². The number of rotatable bonds is 6. The largest absolute Gasteiger partial charge is 0.354 e. The summed E-state index contributed by atoms with van der Waals surface area (Å²) >= 11 is 0. The SMILES string of the molecule is CC1CCCN(C(C)(C)CNC(=O)C(C)C(N)c2ccccc2)C1.Cl.Cl. The summed E-state index contributed by atoms with van der Waals surface area (Å²) in [6, 6.07) is 9.56. The van der Waals surface area contributed by atoms with Crippen LogP contribution in [0.1, 0.15) is 52.1 Å². The van der Waals surface area contributed by atoms with Crippen LogP contribution >= 0.6 is 24.8 Å². The van der Waals surface area contributed by atoms with Crippen LogP contribution in [-0.4, -0.2) is 36.0 Å². The van der Waals surface area contributed by atoms with Crippen molar-refractivity contribution in [2.24, 2.45) is 17.6 Å². The van der Waals surface area contributed by atoms with E-state index in [-0.39, 0.29) is 48.2 Å². The number of piperidine rings is 1. The first kappa shape index (κ1) is 25.2. The van der Waals surface area contributed by atoms with Crippen molar-refractivity contribution < 1.29 is 4.79 Å².